The van der Waals surface area contributed by atoms with E-state index in [1.165, 1.54) is 16.9 Å². The van der Waals surface area contributed by atoms with Gasteiger partial charge in [0.25, 0.3) is 0 Å². The van der Waals surface area contributed by atoms with Crippen molar-refractivity contribution < 1.29 is 9.47 Å². The van der Waals surface area contributed by atoms with Crippen molar-refractivity contribution in [3.8, 4) is 17.4 Å². The van der Waals surface area contributed by atoms with Crippen molar-refractivity contribution in [3.63, 3.8) is 0 Å². The molecule has 0 saturated heterocycles. The Morgan fingerprint density at radius 1 is 1.17 bits per heavy atom. The second kappa shape index (κ2) is 5.81. The van der Waals surface area contributed by atoms with Crippen LogP contribution in [0.3, 0.4) is 0 Å². The molecule has 0 bridgehead atoms. The lowest BCUT2D eigenvalue weighted by molar-refractivity contribution is 0.375. The summed E-state index contributed by atoms with van der Waals surface area (Å²) < 4.78 is 11.5. The monoisotopic (exact) mass is 326 g/mol. The Hall–Kier alpha value is -2.14. The van der Waals surface area contributed by atoms with E-state index in [0.717, 1.165) is 29.0 Å². The second-order valence-electron chi connectivity index (χ2n) is 5.96. The van der Waals surface area contributed by atoms with E-state index in [9.17, 15) is 0 Å². The van der Waals surface area contributed by atoms with E-state index < -0.39 is 0 Å². The fourth-order valence-corrected chi connectivity index (χ4v) is 4.47. The van der Waals surface area contributed by atoms with Crippen molar-refractivity contribution >= 4 is 21.6 Å². The first-order chi connectivity index (χ1) is 11.3. The van der Waals surface area contributed by atoms with Crippen LogP contribution in [0, 0.1) is 5.92 Å². The van der Waals surface area contributed by atoms with Crippen LogP contribution >= 0.6 is 11.3 Å². The van der Waals surface area contributed by atoms with Gasteiger partial charge < -0.3 is 9.47 Å². The smallest absolute Gasteiger partial charge is 0.231 e. The topological polar surface area (TPSA) is 44.2 Å². The molecule has 23 heavy (non-hydrogen) atoms. The molecule has 0 fully saturated rings. The van der Waals surface area contributed by atoms with Crippen molar-refractivity contribution in [2.45, 2.75) is 26.2 Å². The minimum atomic E-state index is 0.631. The van der Waals surface area contributed by atoms with Crippen molar-refractivity contribution in [3.05, 3.63) is 41.0 Å². The highest BCUT2D eigenvalue weighted by atomic mass is 32.1. The van der Waals surface area contributed by atoms with Gasteiger partial charge in [0.1, 0.15) is 11.2 Å². The molecule has 0 amide bonds. The van der Waals surface area contributed by atoms with Gasteiger partial charge in [-0.3, -0.25) is 0 Å². The average Bonchev–Trinajstić information content (AvgIpc) is 2.93. The van der Waals surface area contributed by atoms with E-state index in [1.807, 2.05) is 24.3 Å². The average molecular weight is 326 g/mol. The highest BCUT2D eigenvalue weighted by Crippen LogP contribution is 2.42. The molecule has 118 valence electrons. The van der Waals surface area contributed by atoms with Gasteiger partial charge in [-0.1, -0.05) is 19.1 Å². The summed E-state index contributed by atoms with van der Waals surface area (Å²) in [6.45, 7) is 2.31. The van der Waals surface area contributed by atoms with E-state index in [4.69, 9.17) is 9.47 Å². The third kappa shape index (κ3) is 2.55. The summed E-state index contributed by atoms with van der Waals surface area (Å²) in [7, 11) is 1.64. The summed E-state index contributed by atoms with van der Waals surface area (Å²) in [5.74, 6) is 2.75. The predicted molar refractivity (Wildman–Crippen MR) is 91.7 cm³/mol. The Balaban J connectivity index is 1.81. The normalized spacial score (nSPS) is 17.0. The third-order valence-corrected chi connectivity index (χ3v) is 5.49. The molecule has 0 unspecified atom stereocenters. The standard InChI is InChI=1S/C18H18N2O2S/c1-11-7-8-12-15(9-11)23-18-16(12)17(19-10-20-18)22-14-6-4-3-5-13(14)21-2/h3-6,10-11H,7-9H2,1-2H3/t11-/m1/s1. The quantitative estimate of drug-likeness (QED) is 0.704. The molecule has 0 spiro atoms. The number of rotatable bonds is 3. The maximum absolute atomic E-state index is 6.10. The number of ether oxygens (including phenoxy) is 2. The molecule has 0 aliphatic heterocycles. The number of fused-ring (bicyclic) bond motifs is 3. The van der Waals surface area contributed by atoms with Gasteiger partial charge in [-0.2, -0.15) is 0 Å². The number of aromatic nitrogens is 2. The Morgan fingerprint density at radius 2 is 2.00 bits per heavy atom. The van der Waals surface area contributed by atoms with Gasteiger partial charge in [0.15, 0.2) is 11.5 Å². The zero-order chi connectivity index (χ0) is 15.8. The number of nitrogens with zero attached hydrogens (tertiary/aromatic N) is 2. The number of aryl methyl sites for hydroxylation is 1. The van der Waals surface area contributed by atoms with Crippen LogP contribution in [0.25, 0.3) is 10.2 Å². The van der Waals surface area contributed by atoms with Crippen LogP contribution in [0.4, 0.5) is 0 Å². The van der Waals surface area contributed by atoms with Gasteiger partial charge in [0.05, 0.1) is 12.5 Å². The maximum atomic E-state index is 6.10. The van der Waals surface area contributed by atoms with E-state index in [-0.39, 0.29) is 0 Å². The minimum Gasteiger partial charge on any atom is -0.493 e. The molecule has 2 aromatic heterocycles. The van der Waals surface area contributed by atoms with Crippen LogP contribution in [-0.4, -0.2) is 17.1 Å². The summed E-state index contributed by atoms with van der Waals surface area (Å²) in [5, 5.41) is 1.07. The summed E-state index contributed by atoms with van der Waals surface area (Å²) >= 11 is 1.78. The van der Waals surface area contributed by atoms with E-state index >= 15 is 0 Å². The molecule has 4 nitrogen and oxygen atoms in total. The van der Waals surface area contributed by atoms with Crippen molar-refractivity contribution in [1.82, 2.24) is 9.97 Å². The molecule has 5 heteroatoms. The van der Waals surface area contributed by atoms with Gasteiger partial charge in [-0.05, 0) is 42.9 Å². The predicted octanol–water partition coefficient (Wildman–Crippen LogP) is 4.62. The molecular formula is C18H18N2O2S. The fourth-order valence-electron chi connectivity index (χ4n) is 3.13. The van der Waals surface area contributed by atoms with Crippen molar-refractivity contribution in [1.29, 1.82) is 0 Å². The number of para-hydroxylation sites is 2. The Kier molecular flexibility index (Phi) is 3.65. The Labute approximate surface area is 139 Å². The molecule has 4 rings (SSSR count). The molecule has 1 atom stereocenters. The fraction of sp³-hybridized carbons (Fsp3) is 0.333. The van der Waals surface area contributed by atoms with Crippen LogP contribution in [0.1, 0.15) is 23.8 Å². The lowest BCUT2D eigenvalue weighted by atomic mass is 9.89. The largest absolute Gasteiger partial charge is 0.493 e. The summed E-state index contributed by atoms with van der Waals surface area (Å²) in [4.78, 5) is 11.3. The number of methoxy groups -OCH3 is 1. The van der Waals surface area contributed by atoms with Gasteiger partial charge in [0.2, 0.25) is 5.88 Å². The Morgan fingerprint density at radius 3 is 2.83 bits per heavy atom. The molecule has 3 aromatic rings. The van der Waals surface area contributed by atoms with Crippen LogP contribution in [0.15, 0.2) is 30.6 Å². The molecule has 0 N–H and O–H groups in total. The lowest BCUT2D eigenvalue weighted by Crippen LogP contribution is -2.08. The number of hydrogen-bond acceptors (Lipinski definition) is 5. The van der Waals surface area contributed by atoms with Gasteiger partial charge in [-0.25, -0.2) is 9.97 Å². The van der Waals surface area contributed by atoms with Crippen LogP contribution in [-0.2, 0) is 12.8 Å². The summed E-state index contributed by atoms with van der Waals surface area (Å²) in [5.41, 5.74) is 1.37. The van der Waals surface area contributed by atoms with Crippen LogP contribution in [0.2, 0.25) is 0 Å². The van der Waals surface area contributed by atoms with Crippen molar-refractivity contribution in [2.24, 2.45) is 5.92 Å². The molecule has 1 aromatic carbocycles. The first-order valence-corrected chi connectivity index (χ1v) is 8.64. The number of thiophene rings is 1. The molecular weight excluding hydrogens is 308 g/mol. The zero-order valence-corrected chi connectivity index (χ0v) is 14.0. The molecule has 2 heterocycles. The van der Waals surface area contributed by atoms with E-state index in [0.29, 0.717) is 17.4 Å². The first kappa shape index (κ1) is 14.5. The van der Waals surface area contributed by atoms with E-state index in [2.05, 4.69) is 16.9 Å². The van der Waals surface area contributed by atoms with Crippen LogP contribution < -0.4 is 9.47 Å². The SMILES string of the molecule is COc1ccccc1Oc1ncnc2sc3c(c12)CC[C@@H](C)C3. The molecule has 1 aliphatic carbocycles. The molecule has 1 aliphatic rings. The number of hydrogen-bond donors (Lipinski definition) is 0. The highest BCUT2D eigenvalue weighted by Gasteiger charge is 2.24. The van der Waals surface area contributed by atoms with Gasteiger partial charge in [0, 0.05) is 4.88 Å². The summed E-state index contributed by atoms with van der Waals surface area (Å²) in [6, 6.07) is 7.64. The van der Waals surface area contributed by atoms with Gasteiger partial charge >= 0.3 is 0 Å². The molecule has 0 saturated carbocycles. The zero-order valence-electron chi connectivity index (χ0n) is 13.2. The summed E-state index contributed by atoms with van der Waals surface area (Å²) in [6.07, 6.45) is 5.00. The minimum absolute atomic E-state index is 0.631. The highest BCUT2D eigenvalue weighted by molar-refractivity contribution is 7.18. The van der Waals surface area contributed by atoms with Crippen molar-refractivity contribution in [2.75, 3.05) is 7.11 Å². The van der Waals surface area contributed by atoms with E-state index in [1.54, 1.807) is 24.8 Å². The first-order valence-electron chi connectivity index (χ1n) is 7.82. The Bertz CT molecular complexity index is 859. The lowest BCUT2D eigenvalue weighted by Gasteiger charge is -2.18. The second-order valence-corrected chi connectivity index (χ2v) is 7.05. The van der Waals surface area contributed by atoms with Gasteiger partial charge in [-0.15, -0.1) is 11.3 Å². The van der Waals surface area contributed by atoms with Crippen LogP contribution in [0.5, 0.6) is 17.4 Å². The maximum Gasteiger partial charge on any atom is 0.231 e. The number of benzene rings is 1. The third-order valence-electron chi connectivity index (χ3n) is 4.33. The molecule has 0 radical (unpaired) electrons.